The standard InChI is InChI=1S/C49H34N2/c1-4-11-33(12-5-1)37-23-29-46(45(32-37)34-13-6-2-7-14-34)51(40-16-8-3-9-17-40)41-24-20-35(21-25-41)42-26-22-36-18-19-38-31-39-15-10-30-50-49(39)44-28-27-43(42)47(36)48(38)44/h1,3-6,8-32H,2,7H2. The summed E-state index contributed by atoms with van der Waals surface area (Å²) in [6.45, 7) is 0. The first-order valence-corrected chi connectivity index (χ1v) is 17.8. The van der Waals surface area contributed by atoms with Gasteiger partial charge in [-0.25, -0.2) is 0 Å². The number of nitrogens with zero attached hydrogens (tertiary/aromatic N) is 2. The van der Waals surface area contributed by atoms with Crippen molar-refractivity contribution in [3.8, 4) is 22.3 Å². The molecule has 0 atom stereocenters. The number of para-hydroxylation sites is 1. The first kappa shape index (κ1) is 29.4. The van der Waals surface area contributed by atoms with Crippen molar-refractivity contribution < 1.29 is 0 Å². The van der Waals surface area contributed by atoms with Crippen LogP contribution in [0.25, 0.3) is 71.0 Å². The van der Waals surface area contributed by atoms with Crippen molar-refractivity contribution in [3.63, 3.8) is 0 Å². The van der Waals surface area contributed by atoms with Crippen LogP contribution in [-0.4, -0.2) is 4.98 Å². The molecule has 2 nitrogen and oxygen atoms in total. The van der Waals surface area contributed by atoms with Crippen LogP contribution in [0.1, 0.15) is 18.4 Å². The third-order valence-electron chi connectivity index (χ3n) is 10.5. The smallest absolute Gasteiger partial charge is 0.0780 e. The maximum atomic E-state index is 4.79. The van der Waals surface area contributed by atoms with Gasteiger partial charge in [0, 0.05) is 33.9 Å². The van der Waals surface area contributed by atoms with Crippen LogP contribution in [0.3, 0.4) is 0 Å². The zero-order valence-electron chi connectivity index (χ0n) is 28.1. The number of aromatic nitrogens is 1. The molecule has 1 heterocycles. The van der Waals surface area contributed by atoms with E-state index in [4.69, 9.17) is 4.98 Å². The fraction of sp³-hybridized carbons (Fsp3) is 0.0408. The lowest BCUT2D eigenvalue weighted by molar-refractivity contribution is 1.04. The Morgan fingerprint density at radius 3 is 2.02 bits per heavy atom. The molecule has 0 radical (unpaired) electrons. The number of allylic oxidation sites excluding steroid dienone is 4. The van der Waals surface area contributed by atoms with Gasteiger partial charge in [0.2, 0.25) is 0 Å². The highest BCUT2D eigenvalue weighted by Gasteiger charge is 2.20. The Hall–Kier alpha value is -6.51. The molecule has 0 N–H and O–H groups in total. The summed E-state index contributed by atoms with van der Waals surface area (Å²) in [5.41, 5.74) is 11.8. The van der Waals surface area contributed by atoms with Crippen molar-refractivity contribution in [2.75, 3.05) is 4.90 Å². The van der Waals surface area contributed by atoms with Gasteiger partial charge >= 0.3 is 0 Å². The lowest BCUT2D eigenvalue weighted by atomic mass is 9.89. The topological polar surface area (TPSA) is 16.1 Å². The molecular weight excluding hydrogens is 617 g/mol. The molecule has 0 bridgehead atoms. The average molecular weight is 651 g/mol. The SMILES string of the molecule is C1=CC(c2cc(-c3ccccc3)ccc2N(c2ccccc2)c2ccc(-c3ccc4ccc5cc6cccnc6c6ccc3c4c56)cc2)=CCC1. The molecule has 0 aliphatic heterocycles. The van der Waals surface area contributed by atoms with Crippen molar-refractivity contribution in [2.24, 2.45) is 0 Å². The van der Waals surface area contributed by atoms with E-state index in [-0.39, 0.29) is 0 Å². The van der Waals surface area contributed by atoms with Gasteiger partial charge in [-0.15, -0.1) is 0 Å². The number of benzene rings is 8. The molecule has 51 heavy (non-hydrogen) atoms. The Labute approximate surface area is 297 Å². The summed E-state index contributed by atoms with van der Waals surface area (Å²) in [5.74, 6) is 0. The van der Waals surface area contributed by atoms with Gasteiger partial charge in [-0.2, -0.15) is 0 Å². The third-order valence-corrected chi connectivity index (χ3v) is 10.5. The second-order valence-corrected chi connectivity index (χ2v) is 13.4. The second kappa shape index (κ2) is 12.1. The minimum atomic E-state index is 1.05. The molecule has 0 amide bonds. The molecule has 8 aromatic carbocycles. The zero-order chi connectivity index (χ0) is 33.7. The minimum absolute atomic E-state index is 1.05. The molecule has 10 rings (SSSR count). The highest BCUT2D eigenvalue weighted by atomic mass is 15.1. The Morgan fingerprint density at radius 1 is 0.471 bits per heavy atom. The molecular formula is C49H34N2. The first-order valence-electron chi connectivity index (χ1n) is 17.8. The predicted molar refractivity (Wildman–Crippen MR) is 217 cm³/mol. The number of rotatable bonds is 6. The summed E-state index contributed by atoms with van der Waals surface area (Å²) in [6.07, 6.45) is 11.0. The molecule has 1 aromatic heterocycles. The number of hydrogen-bond acceptors (Lipinski definition) is 2. The van der Waals surface area contributed by atoms with Crippen LogP contribution in [0.15, 0.2) is 182 Å². The lowest BCUT2D eigenvalue weighted by Crippen LogP contribution is -2.12. The summed E-state index contributed by atoms with van der Waals surface area (Å²) < 4.78 is 0. The van der Waals surface area contributed by atoms with E-state index in [9.17, 15) is 0 Å². The largest absolute Gasteiger partial charge is 0.310 e. The van der Waals surface area contributed by atoms with E-state index in [1.165, 1.54) is 71.1 Å². The molecule has 0 spiro atoms. The normalized spacial score (nSPS) is 13.0. The van der Waals surface area contributed by atoms with Crippen LogP contribution >= 0.6 is 0 Å². The second-order valence-electron chi connectivity index (χ2n) is 13.4. The van der Waals surface area contributed by atoms with Gasteiger partial charge in [0.25, 0.3) is 0 Å². The van der Waals surface area contributed by atoms with E-state index in [2.05, 4.69) is 175 Å². The Kier molecular flexibility index (Phi) is 6.99. The van der Waals surface area contributed by atoms with Crippen molar-refractivity contribution >= 4 is 65.9 Å². The Bertz CT molecular complexity index is 2780. The van der Waals surface area contributed by atoms with Crippen molar-refractivity contribution in [1.82, 2.24) is 4.98 Å². The summed E-state index contributed by atoms with van der Waals surface area (Å²) in [4.78, 5) is 7.19. The van der Waals surface area contributed by atoms with E-state index >= 15 is 0 Å². The molecule has 0 saturated heterocycles. The van der Waals surface area contributed by atoms with E-state index in [1.807, 2.05) is 12.3 Å². The van der Waals surface area contributed by atoms with Crippen LogP contribution in [0.2, 0.25) is 0 Å². The van der Waals surface area contributed by atoms with Gasteiger partial charge in [0.15, 0.2) is 0 Å². The van der Waals surface area contributed by atoms with Gasteiger partial charge in [0.1, 0.15) is 0 Å². The van der Waals surface area contributed by atoms with Gasteiger partial charge < -0.3 is 4.90 Å². The quantitative estimate of drug-likeness (QED) is 0.131. The minimum Gasteiger partial charge on any atom is -0.310 e. The Morgan fingerprint density at radius 2 is 1.20 bits per heavy atom. The number of anilines is 3. The fourth-order valence-corrected chi connectivity index (χ4v) is 8.05. The third kappa shape index (κ3) is 4.99. The van der Waals surface area contributed by atoms with Gasteiger partial charge in [-0.1, -0.05) is 127 Å². The molecule has 240 valence electrons. The lowest BCUT2D eigenvalue weighted by Gasteiger charge is -2.29. The average Bonchev–Trinajstić information content (AvgIpc) is 3.21. The molecule has 0 saturated carbocycles. The monoisotopic (exact) mass is 650 g/mol. The molecule has 2 heteroatoms. The molecule has 9 aromatic rings. The van der Waals surface area contributed by atoms with Crippen molar-refractivity contribution in [1.29, 1.82) is 0 Å². The van der Waals surface area contributed by atoms with Gasteiger partial charge in [0.05, 0.1) is 11.2 Å². The molecule has 1 aliphatic carbocycles. The molecule has 0 unspecified atom stereocenters. The maximum Gasteiger partial charge on any atom is 0.0780 e. The summed E-state index contributed by atoms with van der Waals surface area (Å²) in [6, 6.07) is 57.5. The van der Waals surface area contributed by atoms with Gasteiger partial charge in [-0.05, 0) is 116 Å². The van der Waals surface area contributed by atoms with Crippen LogP contribution in [0, 0.1) is 0 Å². The fourth-order valence-electron chi connectivity index (χ4n) is 8.05. The van der Waals surface area contributed by atoms with E-state index < -0.39 is 0 Å². The number of pyridine rings is 1. The first-order chi connectivity index (χ1) is 25.3. The highest BCUT2D eigenvalue weighted by Crippen LogP contribution is 2.44. The van der Waals surface area contributed by atoms with Gasteiger partial charge in [-0.3, -0.25) is 4.98 Å². The summed E-state index contributed by atoms with van der Waals surface area (Å²) in [7, 11) is 0. The highest BCUT2D eigenvalue weighted by molar-refractivity contribution is 6.30. The molecule has 0 fully saturated rings. The van der Waals surface area contributed by atoms with E-state index in [1.54, 1.807) is 0 Å². The van der Waals surface area contributed by atoms with Crippen LogP contribution in [0.4, 0.5) is 17.1 Å². The number of hydrogen-bond donors (Lipinski definition) is 0. The summed E-state index contributed by atoms with van der Waals surface area (Å²) in [5, 5.41) is 8.77. The van der Waals surface area contributed by atoms with E-state index in [0.29, 0.717) is 0 Å². The van der Waals surface area contributed by atoms with Crippen LogP contribution < -0.4 is 4.90 Å². The predicted octanol–water partition coefficient (Wildman–Crippen LogP) is 13.7. The zero-order valence-corrected chi connectivity index (χ0v) is 28.1. The van der Waals surface area contributed by atoms with Crippen LogP contribution in [0.5, 0.6) is 0 Å². The van der Waals surface area contributed by atoms with E-state index in [0.717, 1.165) is 35.4 Å². The van der Waals surface area contributed by atoms with Crippen molar-refractivity contribution in [2.45, 2.75) is 12.8 Å². The van der Waals surface area contributed by atoms with Crippen LogP contribution in [-0.2, 0) is 0 Å². The molecule has 1 aliphatic rings. The van der Waals surface area contributed by atoms with Crippen molar-refractivity contribution in [3.05, 3.63) is 188 Å². The summed E-state index contributed by atoms with van der Waals surface area (Å²) >= 11 is 0. The Balaban J connectivity index is 1.12. The number of fused-ring (bicyclic) bond motifs is 2. The maximum absolute atomic E-state index is 4.79.